The Morgan fingerprint density at radius 3 is 2.58 bits per heavy atom. The van der Waals surface area contributed by atoms with E-state index >= 15 is 0 Å². The largest absolute Gasteiger partial charge is 0.496 e. The van der Waals surface area contributed by atoms with E-state index in [4.69, 9.17) is 4.74 Å². The smallest absolute Gasteiger partial charge is 0.337 e. The SMILES string of the molecule is COc1cccc(C)c1-c1nc(C)ccc1C(=O)O. The van der Waals surface area contributed by atoms with Crippen molar-refractivity contribution in [3.8, 4) is 17.0 Å². The van der Waals surface area contributed by atoms with Crippen LogP contribution in [0.1, 0.15) is 21.6 Å². The molecule has 2 aromatic rings. The zero-order chi connectivity index (χ0) is 14.0. The van der Waals surface area contributed by atoms with E-state index in [0.717, 1.165) is 16.8 Å². The van der Waals surface area contributed by atoms with Crippen LogP contribution in [-0.4, -0.2) is 23.2 Å². The van der Waals surface area contributed by atoms with Crippen molar-refractivity contribution in [3.05, 3.63) is 47.2 Å². The van der Waals surface area contributed by atoms with Crippen LogP contribution in [0.25, 0.3) is 11.3 Å². The van der Waals surface area contributed by atoms with Gasteiger partial charge in [0.15, 0.2) is 0 Å². The summed E-state index contributed by atoms with van der Waals surface area (Å²) in [6.07, 6.45) is 0. The van der Waals surface area contributed by atoms with Crippen LogP contribution < -0.4 is 4.74 Å². The molecule has 2 rings (SSSR count). The van der Waals surface area contributed by atoms with Gasteiger partial charge in [0, 0.05) is 11.3 Å². The first-order valence-corrected chi connectivity index (χ1v) is 5.89. The fourth-order valence-electron chi connectivity index (χ4n) is 2.03. The number of pyridine rings is 1. The number of carbonyl (C=O) groups is 1. The minimum absolute atomic E-state index is 0.179. The number of ether oxygens (including phenoxy) is 1. The van der Waals surface area contributed by atoms with E-state index < -0.39 is 5.97 Å². The lowest BCUT2D eigenvalue weighted by Gasteiger charge is -2.13. The molecule has 0 radical (unpaired) electrons. The summed E-state index contributed by atoms with van der Waals surface area (Å²) in [6.45, 7) is 3.74. The van der Waals surface area contributed by atoms with Gasteiger partial charge in [-0.3, -0.25) is 4.98 Å². The molecule has 0 aliphatic rings. The van der Waals surface area contributed by atoms with Crippen LogP contribution in [0.15, 0.2) is 30.3 Å². The Morgan fingerprint density at radius 1 is 1.21 bits per heavy atom. The summed E-state index contributed by atoms with van der Waals surface area (Å²) in [5.74, 6) is -0.367. The van der Waals surface area contributed by atoms with Gasteiger partial charge in [-0.1, -0.05) is 12.1 Å². The molecule has 0 bridgehead atoms. The number of rotatable bonds is 3. The molecule has 0 saturated heterocycles. The van der Waals surface area contributed by atoms with Crippen LogP contribution in [-0.2, 0) is 0 Å². The molecule has 0 amide bonds. The molecule has 0 fully saturated rings. The van der Waals surface area contributed by atoms with Gasteiger partial charge >= 0.3 is 5.97 Å². The van der Waals surface area contributed by atoms with Gasteiger partial charge in [0.2, 0.25) is 0 Å². The average Bonchev–Trinajstić information content (AvgIpc) is 2.37. The number of aromatic carboxylic acids is 1. The first kappa shape index (κ1) is 13.1. The minimum atomic E-state index is -0.993. The van der Waals surface area contributed by atoms with Gasteiger partial charge in [-0.2, -0.15) is 0 Å². The second-order valence-corrected chi connectivity index (χ2v) is 4.31. The summed E-state index contributed by atoms with van der Waals surface area (Å²) in [5.41, 5.74) is 3.05. The Labute approximate surface area is 111 Å². The van der Waals surface area contributed by atoms with E-state index in [-0.39, 0.29) is 5.56 Å². The fourth-order valence-corrected chi connectivity index (χ4v) is 2.03. The Balaban J connectivity index is 2.78. The highest BCUT2D eigenvalue weighted by Gasteiger charge is 2.18. The molecule has 0 spiro atoms. The second-order valence-electron chi connectivity index (χ2n) is 4.31. The van der Waals surface area contributed by atoms with Crippen molar-refractivity contribution in [3.63, 3.8) is 0 Å². The fraction of sp³-hybridized carbons (Fsp3) is 0.200. The summed E-state index contributed by atoms with van der Waals surface area (Å²) in [4.78, 5) is 15.7. The average molecular weight is 257 g/mol. The van der Waals surface area contributed by atoms with Crippen molar-refractivity contribution in [2.45, 2.75) is 13.8 Å². The summed E-state index contributed by atoms with van der Waals surface area (Å²) in [7, 11) is 1.56. The Hall–Kier alpha value is -2.36. The Morgan fingerprint density at radius 2 is 1.95 bits per heavy atom. The molecular weight excluding hydrogens is 242 g/mol. The topological polar surface area (TPSA) is 59.4 Å². The van der Waals surface area contributed by atoms with E-state index in [1.807, 2.05) is 26.0 Å². The van der Waals surface area contributed by atoms with E-state index in [9.17, 15) is 9.90 Å². The van der Waals surface area contributed by atoms with E-state index in [1.165, 1.54) is 0 Å². The van der Waals surface area contributed by atoms with Gasteiger partial charge < -0.3 is 9.84 Å². The molecule has 0 saturated carbocycles. The molecule has 0 atom stereocenters. The van der Waals surface area contributed by atoms with Crippen molar-refractivity contribution >= 4 is 5.97 Å². The number of nitrogens with zero attached hydrogens (tertiary/aromatic N) is 1. The van der Waals surface area contributed by atoms with Crippen molar-refractivity contribution in [2.24, 2.45) is 0 Å². The summed E-state index contributed by atoms with van der Waals surface area (Å²) in [5, 5.41) is 9.29. The maximum absolute atomic E-state index is 11.3. The number of aryl methyl sites for hydroxylation is 2. The van der Waals surface area contributed by atoms with Gasteiger partial charge in [-0.05, 0) is 37.6 Å². The molecular formula is C15H15NO3. The maximum atomic E-state index is 11.3. The van der Waals surface area contributed by atoms with Crippen LogP contribution in [0.4, 0.5) is 0 Å². The quantitative estimate of drug-likeness (QED) is 0.918. The maximum Gasteiger partial charge on any atom is 0.337 e. The Kier molecular flexibility index (Phi) is 3.51. The molecule has 0 aliphatic heterocycles. The predicted molar refractivity (Wildman–Crippen MR) is 72.7 cm³/mol. The monoisotopic (exact) mass is 257 g/mol. The lowest BCUT2D eigenvalue weighted by atomic mass is 9.99. The lowest BCUT2D eigenvalue weighted by molar-refractivity contribution is 0.0697. The third-order valence-corrected chi connectivity index (χ3v) is 2.96. The second kappa shape index (κ2) is 5.10. The summed E-state index contributed by atoms with van der Waals surface area (Å²) >= 11 is 0. The van der Waals surface area contributed by atoms with Crippen LogP contribution in [0.5, 0.6) is 5.75 Å². The van der Waals surface area contributed by atoms with E-state index in [2.05, 4.69) is 4.98 Å². The number of carboxylic acids is 1. The molecule has 4 heteroatoms. The summed E-state index contributed by atoms with van der Waals surface area (Å²) in [6, 6.07) is 8.85. The van der Waals surface area contributed by atoms with E-state index in [0.29, 0.717) is 11.4 Å². The number of benzene rings is 1. The normalized spacial score (nSPS) is 10.3. The molecule has 1 N–H and O–H groups in total. The summed E-state index contributed by atoms with van der Waals surface area (Å²) < 4.78 is 5.32. The molecule has 0 aliphatic carbocycles. The zero-order valence-electron chi connectivity index (χ0n) is 11.1. The molecule has 1 aromatic carbocycles. The van der Waals surface area contributed by atoms with E-state index in [1.54, 1.807) is 25.3 Å². The zero-order valence-corrected chi connectivity index (χ0v) is 11.1. The van der Waals surface area contributed by atoms with Crippen LogP contribution in [0, 0.1) is 13.8 Å². The number of carboxylic acid groups (broad SMARTS) is 1. The molecule has 1 aromatic heterocycles. The molecule has 0 unspecified atom stereocenters. The van der Waals surface area contributed by atoms with Gasteiger partial charge in [0.1, 0.15) is 5.75 Å². The number of methoxy groups -OCH3 is 1. The van der Waals surface area contributed by atoms with Gasteiger partial charge in [-0.15, -0.1) is 0 Å². The lowest BCUT2D eigenvalue weighted by Crippen LogP contribution is -2.04. The van der Waals surface area contributed by atoms with Gasteiger partial charge in [-0.25, -0.2) is 4.79 Å². The first-order chi connectivity index (χ1) is 9.04. The van der Waals surface area contributed by atoms with Crippen molar-refractivity contribution in [1.29, 1.82) is 0 Å². The highest BCUT2D eigenvalue weighted by Crippen LogP contribution is 2.34. The van der Waals surface area contributed by atoms with Crippen LogP contribution >= 0.6 is 0 Å². The van der Waals surface area contributed by atoms with Crippen molar-refractivity contribution in [2.75, 3.05) is 7.11 Å². The number of aromatic nitrogens is 1. The van der Waals surface area contributed by atoms with Crippen molar-refractivity contribution < 1.29 is 14.6 Å². The standard InChI is InChI=1S/C15H15NO3/c1-9-5-4-6-12(19-3)13(9)14-11(15(17)18)8-7-10(2)16-14/h4-8H,1-3H3,(H,17,18). The molecule has 1 heterocycles. The number of hydrogen-bond acceptors (Lipinski definition) is 3. The van der Waals surface area contributed by atoms with Crippen LogP contribution in [0.3, 0.4) is 0 Å². The highest BCUT2D eigenvalue weighted by atomic mass is 16.5. The molecule has 4 nitrogen and oxygen atoms in total. The third kappa shape index (κ3) is 2.42. The highest BCUT2D eigenvalue weighted by molar-refractivity contribution is 5.96. The first-order valence-electron chi connectivity index (χ1n) is 5.89. The Bertz CT molecular complexity index is 635. The van der Waals surface area contributed by atoms with Crippen molar-refractivity contribution in [1.82, 2.24) is 4.98 Å². The predicted octanol–water partition coefficient (Wildman–Crippen LogP) is 3.07. The minimum Gasteiger partial charge on any atom is -0.496 e. The van der Waals surface area contributed by atoms with Gasteiger partial charge in [0.25, 0.3) is 0 Å². The molecule has 19 heavy (non-hydrogen) atoms. The molecule has 98 valence electrons. The number of hydrogen-bond donors (Lipinski definition) is 1. The van der Waals surface area contributed by atoms with Crippen LogP contribution in [0.2, 0.25) is 0 Å². The third-order valence-electron chi connectivity index (χ3n) is 2.96. The van der Waals surface area contributed by atoms with Gasteiger partial charge in [0.05, 0.1) is 18.4 Å².